The van der Waals surface area contributed by atoms with Gasteiger partial charge in [0, 0.05) is 10.9 Å². The van der Waals surface area contributed by atoms with Crippen molar-refractivity contribution >= 4 is 11.3 Å². The molecule has 1 aliphatic carbocycles. The number of fused-ring (bicyclic) bond motifs is 1. The molecule has 0 aliphatic heterocycles. The second-order valence-corrected chi connectivity index (χ2v) is 6.46. The number of hydrogen-bond acceptors (Lipinski definition) is 5. The fourth-order valence-electron chi connectivity index (χ4n) is 2.83. The molecule has 2 heterocycles. The van der Waals surface area contributed by atoms with Crippen LogP contribution in [0.4, 0.5) is 0 Å². The molecule has 20 heavy (non-hydrogen) atoms. The Morgan fingerprint density at radius 2 is 2.25 bits per heavy atom. The average Bonchev–Trinajstić information content (AvgIpc) is 2.99. The second-order valence-electron chi connectivity index (χ2n) is 5.43. The zero-order chi connectivity index (χ0) is 14.1. The van der Waals surface area contributed by atoms with Crippen LogP contribution in [0.3, 0.4) is 0 Å². The number of aromatic nitrogens is 2. The number of rotatable bonds is 4. The molecule has 0 spiro atoms. The first-order valence-electron chi connectivity index (χ1n) is 7.37. The lowest BCUT2D eigenvalue weighted by atomic mass is 9.98. The third kappa shape index (κ3) is 2.40. The molecule has 2 aromatic rings. The summed E-state index contributed by atoms with van der Waals surface area (Å²) in [5.41, 5.74) is 3.29. The van der Waals surface area contributed by atoms with Crippen molar-refractivity contribution in [3.05, 3.63) is 22.0 Å². The molecule has 0 radical (unpaired) electrons. The van der Waals surface area contributed by atoms with Crippen molar-refractivity contribution in [2.45, 2.75) is 52.5 Å². The lowest BCUT2D eigenvalue weighted by Gasteiger charge is -2.22. The van der Waals surface area contributed by atoms with E-state index in [9.17, 15) is 0 Å². The Bertz CT molecular complexity index is 583. The van der Waals surface area contributed by atoms with Crippen LogP contribution in [0.15, 0.2) is 4.52 Å². The molecule has 5 heteroatoms. The van der Waals surface area contributed by atoms with E-state index in [1.807, 2.05) is 13.8 Å². The average molecular weight is 291 g/mol. The molecule has 0 amide bonds. The van der Waals surface area contributed by atoms with Crippen LogP contribution in [0, 0.1) is 13.8 Å². The predicted octanol–water partition coefficient (Wildman–Crippen LogP) is 3.79. The van der Waals surface area contributed by atoms with Crippen LogP contribution in [0.2, 0.25) is 0 Å². The van der Waals surface area contributed by atoms with E-state index in [4.69, 9.17) is 9.51 Å². The molecule has 0 saturated carbocycles. The van der Waals surface area contributed by atoms with Crippen molar-refractivity contribution in [3.63, 3.8) is 0 Å². The molecule has 108 valence electrons. The first-order chi connectivity index (χ1) is 9.70. The molecule has 3 rings (SSSR count). The number of hydrogen-bond donors (Lipinski definition) is 1. The van der Waals surface area contributed by atoms with Gasteiger partial charge in [-0.05, 0) is 46.1 Å². The van der Waals surface area contributed by atoms with E-state index < -0.39 is 0 Å². The monoisotopic (exact) mass is 291 g/mol. The minimum absolute atomic E-state index is 0.477. The van der Waals surface area contributed by atoms with Crippen molar-refractivity contribution in [1.82, 2.24) is 15.5 Å². The third-order valence-electron chi connectivity index (χ3n) is 3.84. The summed E-state index contributed by atoms with van der Waals surface area (Å²) in [6.45, 7) is 7.23. The maximum Gasteiger partial charge on any atom is 0.144 e. The molecule has 1 aliphatic rings. The minimum atomic E-state index is 0.477. The molecular weight excluding hydrogens is 270 g/mol. The van der Waals surface area contributed by atoms with Crippen molar-refractivity contribution in [2.24, 2.45) is 0 Å². The van der Waals surface area contributed by atoms with Crippen molar-refractivity contribution in [1.29, 1.82) is 0 Å². The van der Waals surface area contributed by atoms with Crippen LogP contribution in [0.1, 0.15) is 54.3 Å². The van der Waals surface area contributed by atoms with Crippen molar-refractivity contribution in [2.75, 3.05) is 6.54 Å². The van der Waals surface area contributed by atoms with Gasteiger partial charge in [-0.1, -0.05) is 12.1 Å². The van der Waals surface area contributed by atoms with Crippen LogP contribution in [-0.2, 0) is 6.42 Å². The molecule has 0 fully saturated rings. The summed E-state index contributed by atoms with van der Waals surface area (Å²) in [6, 6.07) is 0.477. The molecule has 1 atom stereocenters. The third-order valence-corrected chi connectivity index (χ3v) is 5.07. The van der Waals surface area contributed by atoms with Crippen LogP contribution in [-0.4, -0.2) is 16.7 Å². The zero-order valence-electron chi connectivity index (χ0n) is 12.3. The van der Waals surface area contributed by atoms with Gasteiger partial charge in [0.15, 0.2) is 0 Å². The normalized spacial score (nSPS) is 18.2. The summed E-state index contributed by atoms with van der Waals surface area (Å²) < 4.78 is 5.27. The van der Waals surface area contributed by atoms with E-state index in [0.29, 0.717) is 6.04 Å². The fourth-order valence-corrected chi connectivity index (χ4v) is 4.19. The fraction of sp³-hybridized carbons (Fsp3) is 0.600. The maximum atomic E-state index is 5.27. The molecule has 2 aromatic heterocycles. The Hall–Kier alpha value is -1.20. The summed E-state index contributed by atoms with van der Waals surface area (Å²) in [6.07, 6.45) is 4.70. The van der Waals surface area contributed by atoms with Crippen LogP contribution < -0.4 is 5.32 Å². The standard InChI is InChI=1S/C15H21N3OS/c1-4-8-16-11-6-5-7-12-14(11)20-15(17-12)13-9(2)18-19-10(13)3/h11,16H,4-8H2,1-3H3. The van der Waals surface area contributed by atoms with Gasteiger partial charge >= 0.3 is 0 Å². The highest BCUT2D eigenvalue weighted by Gasteiger charge is 2.26. The molecule has 1 N–H and O–H groups in total. The minimum Gasteiger partial charge on any atom is -0.361 e. The van der Waals surface area contributed by atoms with E-state index >= 15 is 0 Å². The Morgan fingerprint density at radius 1 is 1.40 bits per heavy atom. The molecule has 0 bridgehead atoms. The van der Waals surface area contributed by atoms with Crippen molar-refractivity contribution in [3.8, 4) is 10.6 Å². The lowest BCUT2D eigenvalue weighted by Crippen LogP contribution is -2.24. The smallest absolute Gasteiger partial charge is 0.144 e. The summed E-state index contributed by atoms with van der Waals surface area (Å²) in [4.78, 5) is 6.27. The zero-order valence-corrected chi connectivity index (χ0v) is 13.1. The maximum absolute atomic E-state index is 5.27. The van der Waals surface area contributed by atoms with E-state index in [-0.39, 0.29) is 0 Å². The SMILES string of the molecule is CCCNC1CCCc2nc(-c3c(C)noc3C)sc21. The largest absolute Gasteiger partial charge is 0.361 e. The lowest BCUT2D eigenvalue weighted by molar-refractivity contribution is 0.393. The van der Waals surface area contributed by atoms with Gasteiger partial charge in [-0.3, -0.25) is 0 Å². The highest BCUT2D eigenvalue weighted by molar-refractivity contribution is 7.15. The summed E-state index contributed by atoms with van der Waals surface area (Å²) in [5, 5.41) is 8.76. The van der Waals surface area contributed by atoms with Gasteiger partial charge in [-0.25, -0.2) is 4.98 Å². The van der Waals surface area contributed by atoms with Gasteiger partial charge in [-0.2, -0.15) is 0 Å². The van der Waals surface area contributed by atoms with Gasteiger partial charge < -0.3 is 9.84 Å². The summed E-state index contributed by atoms with van der Waals surface area (Å²) >= 11 is 1.81. The van der Waals surface area contributed by atoms with Gasteiger partial charge in [0.1, 0.15) is 10.8 Å². The van der Waals surface area contributed by atoms with E-state index in [1.165, 1.54) is 29.8 Å². The molecule has 0 saturated heterocycles. The van der Waals surface area contributed by atoms with Crippen molar-refractivity contribution < 1.29 is 4.52 Å². The predicted molar refractivity (Wildman–Crippen MR) is 81.1 cm³/mol. The Labute approximate surface area is 123 Å². The van der Waals surface area contributed by atoms with Gasteiger partial charge in [0.05, 0.1) is 17.0 Å². The van der Waals surface area contributed by atoms with Crippen LogP contribution in [0.5, 0.6) is 0 Å². The summed E-state index contributed by atoms with van der Waals surface area (Å²) in [7, 11) is 0. The molecule has 0 aromatic carbocycles. The van der Waals surface area contributed by atoms with Gasteiger partial charge in [-0.15, -0.1) is 11.3 Å². The number of thiazole rings is 1. The first-order valence-corrected chi connectivity index (χ1v) is 8.18. The number of nitrogens with zero attached hydrogens (tertiary/aromatic N) is 2. The number of aryl methyl sites for hydroxylation is 3. The van der Waals surface area contributed by atoms with Gasteiger partial charge in [0.25, 0.3) is 0 Å². The Morgan fingerprint density at radius 3 is 2.95 bits per heavy atom. The first kappa shape index (κ1) is 13.8. The van der Waals surface area contributed by atoms with E-state index in [0.717, 1.165) is 35.0 Å². The second kappa shape index (κ2) is 5.66. The summed E-state index contributed by atoms with van der Waals surface area (Å²) in [5.74, 6) is 0.867. The topological polar surface area (TPSA) is 51.0 Å². The van der Waals surface area contributed by atoms with E-state index in [2.05, 4.69) is 17.4 Å². The quantitative estimate of drug-likeness (QED) is 0.931. The Balaban J connectivity index is 1.95. The van der Waals surface area contributed by atoms with E-state index in [1.54, 1.807) is 11.3 Å². The van der Waals surface area contributed by atoms with Crippen LogP contribution in [0.25, 0.3) is 10.6 Å². The number of nitrogens with one attached hydrogen (secondary N) is 1. The molecule has 4 nitrogen and oxygen atoms in total. The molecular formula is C15H21N3OS. The molecule has 1 unspecified atom stereocenters. The van der Waals surface area contributed by atoms with Crippen LogP contribution >= 0.6 is 11.3 Å². The van der Waals surface area contributed by atoms with Gasteiger partial charge in [0.2, 0.25) is 0 Å². The highest BCUT2D eigenvalue weighted by atomic mass is 32.1. The Kier molecular flexibility index (Phi) is 3.89. The highest BCUT2D eigenvalue weighted by Crippen LogP contribution is 2.39.